The number of halogens is 2. The lowest BCUT2D eigenvalue weighted by atomic mass is 10.2. The highest BCUT2D eigenvalue weighted by atomic mass is 127. The van der Waals surface area contributed by atoms with Crippen molar-refractivity contribution in [1.29, 1.82) is 0 Å². The highest BCUT2D eigenvalue weighted by molar-refractivity contribution is 14.1. The summed E-state index contributed by atoms with van der Waals surface area (Å²) in [7, 11) is 0. The number of imidazole rings is 1. The summed E-state index contributed by atoms with van der Waals surface area (Å²) in [5, 5.41) is 0. The molecule has 0 spiro atoms. The average Bonchev–Trinajstić information content (AvgIpc) is 2.68. The minimum atomic E-state index is 1.01. The lowest BCUT2D eigenvalue weighted by Crippen LogP contribution is -1.88. The minimum absolute atomic E-state index is 1.01. The van der Waals surface area contributed by atoms with Gasteiger partial charge in [0.1, 0.15) is 0 Å². The van der Waals surface area contributed by atoms with Crippen LogP contribution in [0.4, 0.5) is 0 Å². The first-order valence-electron chi connectivity index (χ1n) is 5.16. The molecule has 17 heavy (non-hydrogen) atoms. The molecule has 0 bridgehead atoms. The Morgan fingerprint density at radius 2 is 1.65 bits per heavy atom. The number of aromatic nitrogens is 2. The molecule has 0 fully saturated rings. The second-order valence-electron chi connectivity index (χ2n) is 3.68. The molecule has 1 heterocycles. The zero-order valence-corrected chi connectivity index (χ0v) is 13.1. The maximum absolute atomic E-state index is 4.69. The van der Waals surface area contributed by atoms with E-state index >= 15 is 0 Å². The van der Waals surface area contributed by atoms with Gasteiger partial charge < -0.3 is 0 Å². The third kappa shape index (κ3) is 1.97. The van der Waals surface area contributed by atoms with Crippen LogP contribution >= 0.6 is 45.5 Å². The molecule has 1 aromatic heterocycles. The number of fused-ring (bicyclic) bond motifs is 1. The molecule has 3 aromatic rings. The largest absolute Gasteiger partial charge is 0.264 e. The predicted octanol–water partition coefficient (Wildman–Crippen LogP) is 4.51. The molecule has 84 valence electrons. The molecule has 0 aliphatic rings. The minimum Gasteiger partial charge on any atom is -0.264 e. The number of rotatable bonds is 1. The number of nitrogens with zero attached hydrogens (tertiary/aromatic N) is 2. The molecule has 0 unspecified atom stereocenters. The van der Waals surface area contributed by atoms with Crippen LogP contribution in [0.5, 0.6) is 0 Å². The predicted molar refractivity (Wildman–Crippen MR) is 87.3 cm³/mol. The lowest BCUT2D eigenvalue weighted by molar-refractivity contribution is 1.30. The van der Waals surface area contributed by atoms with E-state index in [-0.39, 0.29) is 0 Å². The first-order valence-corrected chi connectivity index (χ1v) is 7.20. The Kier molecular flexibility index (Phi) is 3.08. The van der Waals surface area contributed by atoms with E-state index < -0.39 is 0 Å². The molecule has 0 saturated carbocycles. The molecular weight excluding hydrogens is 438 g/mol. The van der Waals surface area contributed by atoms with Gasteiger partial charge in [-0.3, -0.25) is 2.78 Å². The SMILES string of the molecule is Ic1ccccc1-c1nc2ccccc2n1I. The second-order valence-corrected chi connectivity index (χ2v) is 5.81. The van der Waals surface area contributed by atoms with E-state index in [1.54, 1.807) is 0 Å². The summed E-state index contributed by atoms with van der Waals surface area (Å²) in [5.74, 6) is 1.01. The molecule has 0 aliphatic heterocycles. The molecule has 0 radical (unpaired) electrons. The Balaban J connectivity index is 2.32. The van der Waals surface area contributed by atoms with E-state index in [4.69, 9.17) is 4.98 Å². The van der Waals surface area contributed by atoms with Crippen molar-refractivity contribution in [1.82, 2.24) is 7.76 Å². The van der Waals surface area contributed by atoms with Crippen molar-refractivity contribution >= 4 is 56.5 Å². The van der Waals surface area contributed by atoms with Crippen LogP contribution in [0.3, 0.4) is 0 Å². The highest BCUT2D eigenvalue weighted by Crippen LogP contribution is 2.29. The highest BCUT2D eigenvalue weighted by Gasteiger charge is 2.12. The Hall–Kier alpha value is -0.630. The maximum Gasteiger partial charge on any atom is 0.151 e. The van der Waals surface area contributed by atoms with Crippen LogP contribution in [0.15, 0.2) is 48.5 Å². The standard InChI is InChI=1S/C13H8I2N2/c14-10-6-2-1-5-9(10)13-16-11-7-3-4-8-12(11)17(13)15/h1-8H. The van der Waals surface area contributed by atoms with E-state index in [2.05, 4.69) is 66.4 Å². The monoisotopic (exact) mass is 446 g/mol. The lowest BCUT2D eigenvalue weighted by Gasteiger charge is -2.02. The Morgan fingerprint density at radius 1 is 0.941 bits per heavy atom. The molecule has 0 amide bonds. The number of hydrogen-bond acceptors (Lipinski definition) is 1. The van der Waals surface area contributed by atoms with Gasteiger partial charge in [-0.2, -0.15) is 0 Å². The maximum atomic E-state index is 4.69. The fourth-order valence-corrected chi connectivity index (χ4v) is 3.21. The molecule has 4 heteroatoms. The zero-order valence-electron chi connectivity index (χ0n) is 8.77. The first-order chi connectivity index (χ1) is 8.27. The molecular formula is C13H8I2N2. The summed E-state index contributed by atoms with van der Waals surface area (Å²) in [4.78, 5) is 4.69. The van der Waals surface area contributed by atoms with Crippen LogP contribution in [0.1, 0.15) is 0 Å². The van der Waals surface area contributed by atoms with Crippen LogP contribution in [0.2, 0.25) is 0 Å². The van der Waals surface area contributed by atoms with Gasteiger partial charge in [-0.15, -0.1) is 0 Å². The fraction of sp³-hybridized carbons (Fsp3) is 0. The zero-order chi connectivity index (χ0) is 11.8. The van der Waals surface area contributed by atoms with Crippen molar-refractivity contribution in [2.45, 2.75) is 0 Å². The summed E-state index contributed by atoms with van der Waals surface area (Å²) in [6, 6.07) is 16.5. The van der Waals surface area contributed by atoms with Gasteiger partial charge in [0.2, 0.25) is 0 Å². The molecule has 0 N–H and O–H groups in total. The molecule has 2 aromatic carbocycles. The van der Waals surface area contributed by atoms with Crippen LogP contribution in [-0.2, 0) is 0 Å². The smallest absolute Gasteiger partial charge is 0.151 e. The van der Waals surface area contributed by atoms with E-state index in [0.29, 0.717) is 0 Å². The van der Waals surface area contributed by atoms with Crippen LogP contribution in [-0.4, -0.2) is 7.76 Å². The third-order valence-electron chi connectivity index (χ3n) is 2.62. The Bertz CT molecular complexity index is 689. The van der Waals surface area contributed by atoms with E-state index in [1.165, 1.54) is 9.13 Å². The summed E-state index contributed by atoms with van der Waals surface area (Å²) in [6.45, 7) is 0. The van der Waals surface area contributed by atoms with Crippen LogP contribution in [0, 0.1) is 3.57 Å². The summed E-state index contributed by atoms with van der Waals surface area (Å²) in [6.07, 6.45) is 0. The van der Waals surface area contributed by atoms with Crippen LogP contribution < -0.4 is 0 Å². The van der Waals surface area contributed by atoms with Gasteiger partial charge in [-0.05, 0) is 40.8 Å². The van der Waals surface area contributed by atoms with Gasteiger partial charge in [-0.25, -0.2) is 4.98 Å². The molecule has 2 nitrogen and oxygen atoms in total. The second kappa shape index (κ2) is 4.56. The van der Waals surface area contributed by atoms with E-state index in [0.717, 1.165) is 16.9 Å². The van der Waals surface area contributed by atoms with E-state index in [9.17, 15) is 0 Å². The molecule has 0 atom stereocenters. The van der Waals surface area contributed by atoms with Gasteiger partial charge in [0.05, 0.1) is 33.9 Å². The van der Waals surface area contributed by atoms with Gasteiger partial charge in [0, 0.05) is 9.13 Å². The Morgan fingerprint density at radius 3 is 2.41 bits per heavy atom. The number of para-hydroxylation sites is 2. The van der Waals surface area contributed by atoms with Crippen molar-refractivity contribution in [2.24, 2.45) is 0 Å². The third-order valence-corrected chi connectivity index (χ3v) is 4.54. The summed E-state index contributed by atoms with van der Waals surface area (Å²) >= 11 is 4.65. The van der Waals surface area contributed by atoms with Crippen molar-refractivity contribution in [3.05, 3.63) is 52.1 Å². The van der Waals surface area contributed by atoms with Gasteiger partial charge in [-0.1, -0.05) is 30.3 Å². The van der Waals surface area contributed by atoms with Gasteiger partial charge >= 0.3 is 0 Å². The van der Waals surface area contributed by atoms with Crippen molar-refractivity contribution in [3.8, 4) is 11.4 Å². The van der Waals surface area contributed by atoms with Crippen molar-refractivity contribution in [3.63, 3.8) is 0 Å². The number of benzene rings is 2. The molecule has 0 saturated heterocycles. The van der Waals surface area contributed by atoms with Crippen molar-refractivity contribution in [2.75, 3.05) is 0 Å². The molecule has 3 rings (SSSR count). The topological polar surface area (TPSA) is 17.8 Å². The normalized spacial score (nSPS) is 10.9. The summed E-state index contributed by atoms with van der Waals surface area (Å²) < 4.78 is 3.34. The van der Waals surface area contributed by atoms with Gasteiger partial charge in [0.25, 0.3) is 0 Å². The van der Waals surface area contributed by atoms with Gasteiger partial charge in [0.15, 0.2) is 5.82 Å². The van der Waals surface area contributed by atoms with Crippen molar-refractivity contribution < 1.29 is 0 Å². The van der Waals surface area contributed by atoms with Crippen LogP contribution in [0.25, 0.3) is 22.4 Å². The fourth-order valence-electron chi connectivity index (χ4n) is 1.81. The Labute approximate surface area is 127 Å². The molecule has 0 aliphatic carbocycles. The van der Waals surface area contributed by atoms with E-state index in [1.807, 2.05) is 30.3 Å². The quantitative estimate of drug-likeness (QED) is 0.504. The average molecular weight is 446 g/mol. The summed E-state index contributed by atoms with van der Waals surface area (Å²) in [5.41, 5.74) is 3.37. The number of hydrogen-bond donors (Lipinski definition) is 0. The first kappa shape index (κ1) is 11.5.